The summed E-state index contributed by atoms with van der Waals surface area (Å²) in [6.07, 6.45) is 8.30. The topological polar surface area (TPSA) is 29.4 Å². The molecule has 0 aromatic heterocycles. The molecule has 1 aliphatic carbocycles. The van der Waals surface area contributed by atoms with Crippen LogP contribution < -0.4 is 0 Å². The molecule has 0 aromatic rings. The number of hydrogen-bond acceptors (Lipinski definition) is 2. The SMILES string of the molecule is CC#C[C@H]1[C@H](C)C(=O)CC[C@@]12CCCN=C2CCC=C(C)C. The first-order valence-electron chi connectivity index (χ1n) is 8.63. The Labute approximate surface area is 135 Å². The number of hydrogen-bond donors (Lipinski definition) is 0. The first-order chi connectivity index (χ1) is 10.5. The second kappa shape index (κ2) is 7.27. The van der Waals surface area contributed by atoms with Crippen molar-refractivity contribution in [3.05, 3.63) is 11.6 Å². The van der Waals surface area contributed by atoms with Gasteiger partial charge in [0.2, 0.25) is 0 Å². The molecule has 2 nitrogen and oxygen atoms in total. The fourth-order valence-electron chi connectivity index (χ4n) is 4.15. The lowest BCUT2D eigenvalue weighted by Gasteiger charge is -2.47. The van der Waals surface area contributed by atoms with E-state index in [1.54, 1.807) is 0 Å². The lowest BCUT2D eigenvalue weighted by Crippen LogP contribution is -2.48. The largest absolute Gasteiger partial charge is 0.299 e. The third kappa shape index (κ3) is 3.35. The molecule has 1 spiro atoms. The molecule has 1 aliphatic heterocycles. The van der Waals surface area contributed by atoms with Crippen molar-refractivity contribution in [2.24, 2.45) is 22.2 Å². The summed E-state index contributed by atoms with van der Waals surface area (Å²) in [6.45, 7) is 9.19. The normalized spacial score (nSPS) is 31.3. The van der Waals surface area contributed by atoms with E-state index >= 15 is 0 Å². The first-order valence-corrected chi connectivity index (χ1v) is 8.63. The van der Waals surface area contributed by atoms with Crippen LogP contribution in [0.4, 0.5) is 0 Å². The summed E-state index contributed by atoms with van der Waals surface area (Å²) in [4.78, 5) is 17.1. The van der Waals surface area contributed by atoms with Crippen LogP contribution in [0.25, 0.3) is 0 Å². The lowest BCUT2D eigenvalue weighted by molar-refractivity contribution is -0.127. The summed E-state index contributed by atoms with van der Waals surface area (Å²) in [5, 5.41) is 0. The molecular formula is C20H29NO. The van der Waals surface area contributed by atoms with E-state index in [9.17, 15) is 4.79 Å². The van der Waals surface area contributed by atoms with Crippen LogP contribution in [0.15, 0.2) is 16.6 Å². The van der Waals surface area contributed by atoms with Gasteiger partial charge in [-0.3, -0.25) is 9.79 Å². The average Bonchev–Trinajstić information content (AvgIpc) is 2.49. The summed E-state index contributed by atoms with van der Waals surface area (Å²) < 4.78 is 0. The maximum Gasteiger partial charge on any atom is 0.137 e. The molecule has 3 atom stereocenters. The minimum absolute atomic E-state index is 0.0490. The van der Waals surface area contributed by atoms with Crippen LogP contribution in [0, 0.1) is 29.1 Å². The number of carbonyl (C=O) groups is 1. The lowest BCUT2D eigenvalue weighted by atomic mass is 9.56. The minimum atomic E-state index is 0.0490. The van der Waals surface area contributed by atoms with Gasteiger partial charge in [0, 0.05) is 35.9 Å². The summed E-state index contributed by atoms with van der Waals surface area (Å²) in [7, 11) is 0. The highest BCUT2D eigenvalue weighted by atomic mass is 16.1. The van der Waals surface area contributed by atoms with Gasteiger partial charge in [-0.25, -0.2) is 0 Å². The highest BCUT2D eigenvalue weighted by Gasteiger charge is 2.49. The molecule has 1 heterocycles. The van der Waals surface area contributed by atoms with Gasteiger partial charge in [-0.1, -0.05) is 24.5 Å². The first kappa shape index (κ1) is 17.0. The highest BCUT2D eigenvalue weighted by Crippen LogP contribution is 2.49. The number of Topliss-reactive ketones (excluding diaryl/α,β-unsaturated/α-hetero) is 1. The van der Waals surface area contributed by atoms with Crippen molar-refractivity contribution in [2.45, 2.75) is 66.2 Å². The van der Waals surface area contributed by atoms with Crippen molar-refractivity contribution >= 4 is 11.5 Å². The van der Waals surface area contributed by atoms with Gasteiger partial charge in [-0.15, -0.1) is 5.92 Å². The molecule has 1 saturated carbocycles. The number of nitrogens with zero attached hydrogens (tertiary/aromatic N) is 1. The Morgan fingerprint density at radius 1 is 1.41 bits per heavy atom. The number of ketones is 1. The molecule has 0 aromatic carbocycles. The third-order valence-corrected chi connectivity index (χ3v) is 5.31. The summed E-state index contributed by atoms with van der Waals surface area (Å²) in [5.41, 5.74) is 2.76. The van der Waals surface area contributed by atoms with Gasteiger partial charge in [0.25, 0.3) is 0 Å². The Hall–Kier alpha value is -1.36. The molecule has 0 bridgehead atoms. The molecule has 0 unspecified atom stereocenters. The molecule has 2 aliphatic rings. The van der Waals surface area contributed by atoms with Gasteiger partial charge >= 0.3 is 0 Å². The number of rotatable bonds is 3. The highest BCUT2D eigenvalue weighted by molar-refractivity contribution is 5.95. The second-order valence-corrected chi connectivity index (χ2v) is 7.04. The van der Waals surface area contributed by atoms with E-state index in [1.807, 2.05) is 6.92 Å². The maximum absolute atomic E-state index is 12.2. The van der Waals surface area contributed by atoms with E-state index in [-0.39, 0.29) is 17.3 Å². The fourth-order valence-corrected chi connectivity index (χ4v) is 4.15. The smallest absolute Gasteiger partial charge is 0.137 e. The van der Waals surface area contributed by atoms with Gasteiger partial charge in [0.1, 0.15) is 5.78 Å². The quantitative estimate of drug-likeness (QED) is 0.553. The zero-order valence-electron chi connectivity index (χ0n) is 14.5. The summed E-state index contributed by atoms with van der Waals surface area (Å²) in [6, 6.07) is 0. The average molecular weight is 299 g/mol. The van der Waals surface area contributed by atoms with Gasteiger partial charge in [0.05, 0.1) is 0 Å². The molecule has 0 radical (unpaired) electrons. The maximum atomic E-state index is 12.2. The van der Waals surface area contributed by atoms with Crippen LogP contribution in [0.2, 0.25) is 0 Å². The van der Waals surface area contributed by atoms with Crippen LogP contribution in [0.5, 0.6) is 0 Å². The molecule has 0 N–H and O–H groups in total. The number of carbonyl (C=O) groups excluding carboxylic acids is 1. The van der Waals surface area contributed by atoms with E-state index in [2.05, 4.69) is 38.7 Å². The van der Waals surface area contributed by atoms with E-state index in [0.29, 0.717) is 12.2 Å². The van der Waals surface area contributed by atoms with Gasteiger partial charge in [0.15, 0.2) is 0 Å². The van der Waals surface area contributed by atoms with Crippen LogP contribution in [-0.4, -0.2) is 18.0 Å². The number of allylic oxidation sites excluding steroid dienone is 2. The van der Waals surface area contributed by atoms with Crippen LogP contribution >= 0.6 is 0 Å². The summed E-state index contributed by atoms with van der Waals surface area (Å²) in [5.74, 6) is 7.06. The van der Waals surface area contributed by atoms with Crippen molar-refractivity contribution in [2.75, 3.05) is 6.54 Å². The molecule has 0 saturated heterocycles. The predicted octanol–water partition coefficient (Wildman–Crippen LogP) is 4.59. The molecule has 1 fully saturated rings. The molecule has 2 rings (SSSR count). The van der Waals surface area contributed by atoms with Gasteiger partial charge in [-0.05, 0) is 52.9 Å². The Kier molecular flexibility index (Phi) is 5.62. The fraction of sp³-hybridized carbons (Fsp3) is 0.700. The zero-order chi connectivity index (χ0) is 16.2. The standard InChI is InChI=1S/C20H29NO/c1-5-8-17-16(4)18(22)11-13-20(17)12-7-14-21-19(20)10-6-9-15(2)3/h9,16-17H,6-7,10-14H2,1-4H3/t16-,17-,20-/m0/s1. The van der Waals surface area contributed by atoms with Gasteiger partial charge in [-0.2, -0.15) is 0 Å². The van der Waals surface area contributed by atoms with Crippen molar-refractivity contribution in [1.82, 2.24) is 0 Å². The third-order valence-electron chi connectivity index (χ3n) is 5.31. The van der Waals surface area contributed by atoms with E-state index in [1.165, 1.54) is 11.3 Å². The van der Waals surface area contributed by atoms with Gasteiger partial charge < -0.3 is 0 Å². The minimum Gasteiger partial charge on any atom is -0.299 e. The van der Waals surface area contributed by atoms with Crippen LogP contribution in [-0.2, 0) is 4.79 Å². The number of aliphatic imine (C=N–C) groups is 1. The molecule has 120 valence electrons. The van der Waals surface area contributed by atoms with E-state index < -0.39 is 0 Å². The monoisotopic (exact) mass is 299 g/mol. The Morgan fingerprint density at radius 3 is 2.86 bits per heavy atom. The summed E-state index contributed by atoms with van der Waals surface area (Å²) >= 11 is 0. The molecule has 2 heteroatoms. The Bertz CT molecular complexity index is 542. The second-order valence-electron chi connectivity index (χ2n) is 7.04. The predicted molar refractivity (Wildman–Crippen MR) is 93.0 cm³/mol. The van der Waals surface area contributed by atoms with E-state index in [4.69, 9.17) is 4.99 Å². The van der Waals surface area contributed by atoms with Crippen LogP contribution in [0.1, 0.15) is 66.2 Å². The Morgan fingerprint density at radius 2 is 2.18 bits per heavy atom. The van der Waals surface area contributed by atoms with Crippen LogP contribution in [0.3, 0.4) is 0 Å². The van der Waals surface area contributed by atoms with Crippen molar-refractivity contribution in [3.8, 4) is 11.8 Å². The molecule has 22 heavy (non-hydrogen) atoms. The Balaban J connectivity index is 2.31. The van der Waals surface area contributed by atoms with Crippen molar-refractivity contribution in [3.63, 3.8) is 0 Å². The molecule has 0 amide bonds. The zero-order valence-corrected chi connectivity index (χ0v) is 14.5. The van der Waals surface area contributed by atoms with Crippen molar-refractivity contribution in [1.29, 1.82) is 0 Å². The van der Waals surface area contributed by atoms with E-state index in [0.717, 1.165) is 38.6 Å². The molecular weight excluding hydrogens is 270 g/mol. The van der Waals surface area contributed by atoms with Crippen molar-refractivity contribution < 1.29 is 4.79 Å².